The minimum atomic E-state index is -0.215. The van der Waals surface area contributed by atoms with Crippen molar-refractivity contribution in [1.29, 1.82) is 0 Å². The van der Waals surface area contributed by atoms with Gasteiger partial charge in [-0.2, -0.15) is 0 Å². The Morgan fingerprint density at radius 2 is 1.88 bits per heavy atom. The van der Waals surface area contributed by atoms with Crippen LogP contribution < -0.4 is 10.2 Å². The van der Waals surface area contributed by atoms with Crippen LogP contribution in [-0.2, 0) is 24.3 Å². The van der Waals surface area contributed by atoms with Gasteiger partial charge in [-0.25, -0.2) is 4.39 Å². The summed E-state index contributed by atoms with van der Waals surface area (Å²) < 4.78 is 13.3. The van der Waals surface area contributed by atoms with Gasteiger partial charge in [-0.1, -0.05) is 36.4 Å². The molecule has 3 heterocycles. The van der Waals surface area contributed by atoms with E-state index in [1.54, 1.807) is 12.4 Å². The van der Waals surface area contributed by atoms with Crippen LogP contribution in [0, 0.1) is 11.7 Å². The molecule has 2 aliphatic heterocycles. The van der Waals surface area contributed by atoms with E-state index >= 15 is 0 Å². The maximum Gasteiger partial charge on any atom is 0.225 e. The number of pyridine rings is 1. The Hall–Kier alpha value is -3.25. The highest BCUT2D eigenvalue weighted by Gasteiger charge is 2.41. The summed E-state index contributed by atoms with van der Waals surface area (Å²) in [6.45, 7) is 3.82. The first-order valence-electron chi connectivity index (χ1n) is 11.2. The van der Waals surface area contributed by atoms with Crippen molar-refractivity contribution >= 4 is 11.6 Å². The first-order valence-corrected chi connectivity index (χ1v) is 11.2. The molecule has 0 saturated carbocycles. The number of amides is 1. The largest absolute Gasteiger partial charge is 0.365 e. The number of anilines is 1. The molecule has 2 aliphatic rings. The second-order valence-corrected chi connectivity index (χ2v) is 8.64. The van der Waals surface area contributed by atoms with E-state index < -0.39 is 0 Å². The van der Waals surface area contributed by atoms with Crippen LogP contribution in [-0.4, -0.2) is 41.5 Å². The second-order valence-electron chi connectivity index (χ2n) is 8.64. The summed E-state index contributed by atoms with van der Waals surface area (Å²) in [5, 5.41) is 3.14. The molecule has 6 heteroatoms. The lowest BCUT2D eigenvalue weighted by atomic mass is 9.83. The fourth-order valence-electron chi connectivity index (χ4n) is 4.93. The van der Waals surface area contributed by atoms with Crippen molar-refractivity contribution in [2.75, 3.05) is 24.5 Å². The number of benzene rings is 2. The van der Waals surface area contributed by atoms with Gasteiger partial charge in [0.05, 0.1) is 12.0 Å². The summed E-state index contributed by atoms with van der Waals surface area (Å²) in [6.07, 6.45) is 4.26. The first kappa shape index (κ1) is 20.6. The Morgan fingerprint density at radius 3 is 2.69 bits per heavy atom. The number of aromatic nitrogens is 1. The summed E-state index contributed by atoms with van der Waals surface area (Å²) in [4.78, 5) is 22.2. The number of nitrogens with zero attached hydrogens (tertiary/aromatic N) is 3. The standard InChI is InChI=1S/C26H27FN4O/c27-22-9-7-19(8-10-22)17-30-12-13-31-24-6-2-1-5-21(24)14-23(25(31)18-30)26(32)29-16-20-4-3-11-28-15-20/h1-11,15,23,25H,12-14,16-18H2,(H,29,32)/t23-,25-/m1/s1. The Kier molecular flexibility index (Phi) is 5.86. The van der Waals surface area contributed by atoms with E-state index in [-0.39, 0.29) is 23.7 Å². The molecule has 1 amide bonds. The van der Waals surface area contributed by atoms with Crippen LogP contribution in [0.3, 0.4) is 0 Å². The number of carbonyl (C=O) groups is 1. The Labute approximate surface area is 187 Å². The quantitative estimate of drug-likeness (QED) is 0.674. The van der Waals surface area contributed by atoms with Crippen LogP contribution >= 0.6 is 0 Å². The summed E-state index contributed by atoms with van der Waals surface area (Å²) in [5.41, 5.74) is 4.57. The summed E-state index contributed by atoms with van der Waals surface area (Å²) >= 11 is 0. The monoisotopic (exact) mass is 430 g/mol. The molecule has 0 spiro atoms. The topological polar surface area (TPSA) is 48.5 Å². The van der Waals surface area contributed by atoms with Crippen molar-refractivity contribution in [3.63, 3.8) is 0 Å². The highest BCUT2D eigenvalue weighted by Crippen LogP contribution is 2.36. The maximum atomic E-state index is 13.3. The number of hydrogen-bond acceptors (Lipinski definition) is 4. The van der Waals surface area contributed by atoms with E-state index in [9.17, 15) is 9.18 Å². The predicted octanol–water partition coefficient (Wildman–Crippen LogP) is 3.40. The SMILES string of the molecule is O=C(NCc1cccnc1)[C@@H]1Cc2ccccc2N2CCN(Cc3ccc(F)cc3)C[C@H]12. The Morgan fingerprint density at radius 1 is 1.03 bits per heavy atom. The Balaban J connectivity index is 1.34. The van der Waals surface area contributed by atoms with Crippen LogP contribution in [0.15, 0.2) is 73.1 Å². The summed E-state index contributed by atoms with van der Waals surface area (Å²) in [6, 6.07) is 19.1. The zero-order valence-corrected chi connectivity index (χ0v) is 18.0. The van der Waals surface area contributed by atoms with E-state index in [4.69, 9.17) is 0 Å². The van der Waals surface area contributed by atoms with E-state index in [2.05, 4.69) is 44.4 Å². The molecule has 2 atom stereocenters. The molecule has 0 aliphatic carbocycles. The number of fused-ring (bicyclic) bond motifs is 3. The molecule has 3 aromatic rings. The maximum absolute atomic E-state index is 13.3. The van der Waals surface area contributed by atoms with Gasteiger partial charge in [-0.05, 0) is 47.4 Å². The van der Waals surface area contributed by atoms with Gasteiger partial charge < -0.3 is 10.2 Å². The number of nitrogens with one attached hydrogen (secondary N) is 1. The fraction of sp³-hybridized carbons (Fsp3) is 0.308. The lowest BCUT2D eigenvalue weighted by molar-refractivity contribution is -0.126. The van der Waals surface area contributed by atoms with Gasteiger partial charge in [0.25, 0.3) is 0 Å². The molecule has 32 heavy (non-hydrogen) atoms. The van der Waals surface area contributed by atoms with Crippen molar-refractivity contribution in [1.82, 2.24) is 15.2 Å². The average molecular weight is 431 g/mol. The molecule has 1 fully saturated rings. The van der Waals surface area contributed by atoms with Crippen LogP contribution in [0.5, 0.6) is 0 Å². The number of piperazine rings is 1. The smallest absolute Gasteiger partial charge is 0.225 e. The minimum absolute atomic E-state index is 0.0852. The fourth-order valence-corrected chi connectivity index (χ4v) is 4.93. The van der Waals surface area contributed by atoms with Crippen molar-refractivity contribution in [2.45, 2.75) is 25.6 Å². The van der Waals surface area contributed by atoms with E-state index in [0.717, 1.165) is 43.7 Å². The normalized spacial score (nSPS) is 20.3. The highest BCUT2D eigenvalue weighted by molar-refractivity contribution is 5.82. The van der Waals surface area contributed by atoms with E-state index in [0.29, 0.717) is 6.54 Å². The zero-order valence-electron chi connectivity index (χ0n) is 18.0. The third-order valence-electron chi connectivity index (χ3n) is 6.55. The van der Waals surface area contributed by atoms with Crippen molar-refractivity contribution < 1.29 is 9.18 Å². The van der Waals surface area contributed by atoms with Crippen LogP contribution in [0.4, 0.5) is 10.1 Å². The number of halogens is 1. The first-order chi connectivity index (χ1) is 15.7. The molecule has 164 valence electrons. The average Bonchev–Trinajstić information content (AvgIpc) is 2.84. The molecular weight excluding hydrogens is 403 g/mol. The molecule has 5 nitrogen and oxygen atoms in total. The second kappa shape index (κ2) is 9.09. The lowest BCUT2D eigenvalue weighted by Gasteiger charge is -2.49. The van der Waals surface area contributed by atoms with Gasteiger partial charge in [0.15, 0.2) is 0 Å². The predicted molar refractivity (Wildman–Crippen MR) is 123 cm³/mol. The summed E-state index contributed by atoms with van der Waals surface area (Å²) in [7, 11) is 0. The molecular formula is C26H27FN4O. The van der Waals surface area contributed by atoms with Gasteiger partial charge in [-0.15, -0.1) is 0 Å². The number of carbonyl (C=O) groups excluding carboxylic acids is 1. The van der Waals surface area contributed by atoms with Crippen molar-refractivity contribution in [2.24, 2.45) is 5.92 Å². The van der Waals surface area contributed by atoms with Gasteiger partial charge in [0.1, 0.15) is 5.82 Å². The molecule has 2 aromatic carbocycles. The van der Waals surface area contributed by atoms with Gasteiger partial charge >= 0.3 is 0 Å². The van der Waals surface area contributed by atoms with Gasteiger partial charge in [-0.3, -0.25) is 14.7 Å². The van der Waals surface area contributed by atoms with Crippen molar-refractivity contribution in [3.05, 3.63) is 95.6 Å². The van der Waals surface area contributed by atoms with Crippen LogP contribution in [0.2, 0.25) is 0 Å². The molecule has 1 saturated heterocycles. The Bertz CT molecular complexity index is 1070. The lowest BCUT2D eigenvalue weighted by Crippen LogP contribution is -2.60. The molecule has 0 radical (unpaired) electrons. The van der Waals surface area contributed by atoms with E-state index in [1.807, 2.05) is 24.3 Å². The number of rotatable bonds is 5. The third-order valence-corrected chi connectivity index (χ3v) is 6.55. The van der Waals surface area contributed by atoms with Gasteiger partial charge in [0.2, 0.25) is 5.91 Å². The van der Waals surface area contributed by atoms with Crippen LogP contribution in [0.1, 0.15) is 16.7 Å². The number of para-hydroxylation sites is 1. The highest BCUT2D eigenvalue weighted by atomic mass is 19.1. The molecule has 1 N–H and O–H groups in total. The molecule has 1 aromatic heterocycles. The third kappa shape index (κ3) is 4.36. The van der Waals surface area contributed by atoms with Gasteiger partial charge in [0, 0.05) is 50.8 Å². The molecule has 0 unspecified atom stereocenters. The van der Waals surface area contributed by atoms with Crippen molar-refractivity contribution in [3.8, 4) is 0 Å². The van der Waals surface area contributed by atoms with Crippen LogP contribution in [0.25, 0.3) is 0 Å². The summed E-state index contributed by atoms with van der Waals surface area (Å²) in [5.74, 6) is -0.257. The zero-order chi connectivity index (χ0) is 21.9. The van der Waals surface area contributed by atoms with E-state index in [1.165, 1.54) is 23.4 Å². The molecule has 0 bridgehead atoms. The number of hydrogen-bond donors (Lipinski definition) is 1. The minimum Gasteiger partial charge on any atom is -0.365 e. The molecule has 5 rings (SSSR count).